The Balaban J connectivity index is 1.03. The van der Waals surface area contributed by atoms with E-state index >= 15 is 0 Å². The molecule has 5 aromatic rings. The van der Waals surface area contributed by atoms with Crippen LogP contribution in [0.15, 0.2) is 142 Å². The summed E-state index contributed by atoms with van der Waals surface area (Å²) in [6, 6.07) is 28.8. The van der Waals surface area contributed by atoms with Gasteiger partial charge in [0.25, 0.3) is 0 Å². The molecule has 290 valence electrons. The van der Waals surface area contributed by atoms with Gasteiger partial charge in [-0.05, 0) is 73.5 Å². The molecule has 0 radical (unpaired) electrons. The molecule has 0 bridgehead atoms. The first-order valence-electron chi connectivity index (χ1n) is 20.0. The van der Waals surface area contributed by atoms with Crippen molar-refractivity contribution < 1.29 is 28.9 Å². The van der Waals surface area contributed by atoms with E-state index in [4.69, 9.17) is 0 Å². The number of hydrogen-bond donors (Lipinski definition) is 2. The second kappa shape index (κ2) is 13.0. The van der Waals surface area contributed by atoms with Crippen molar-refractivity contribution in [1.82, 2.24) is 0 Å². The Morgan fingerprint density at radius 3 is 1.31 bits per heavy atom. The topological polar surface area (TPSA) is 88.8 Å². The summed E-state index contributed by atoms with van der Waals surface area (Å²) in [6.45, 7) is 14.2. The van der Waals surface area contributed by atoms with Crippen LogP contribution in [-0.4, -0.2) is 35.9 Å². The molecule has 0 amide bonds. The first-order valence-corrected chi connectivity index (χ1v) is 20.0. The first kappa shape index (κ1) is 37.1. The molecule has 2 aromatic heterocycles. The van der Waals surface area contributed by atoms with Gasteiger partial charge in [-0.25, -0.2) is 0 Å². The second-order valence-electron chi connectivity index (χ2n) is 16.7. The number of aromatic nitrogens is 2. The molecule has 3 aromatic carbocycles. The summed E-state index contributed by atoms with van der Waals surface area (Å²) in [5.74, 6) is -0.340. The van der Waals surface area contributed by atoms with E-state index in [2.05, 4.69) is 96.9 Å². The maximum atomic E-state index is 13.7. The number of pyridine rings is 2. The Morgan fingerprint density at radius 1 is 0.569 bits per heavy atom. The number of allylic oxidation sites excluding steroid dienone is 8. The molecule has 9 rings (SSSR count). The third kappa shape index (κ3) is 5.20. The van der Waals surface area contributed by atoms with Gasteiger partial charge in [-0.1, -0.05) is 52.0 Å². The smallest absolute Gasteiger partial charge is 0.212 e. The maximum absolute atomic E-state index is 13.7. The quantitative estimate of drug-likeness (QED) is 0.133. The van der Waals surface area contributed by atoms with E-state index in [1.807, 2.05) is 74.8 Å². The fraction of sp³-hybridized carbons (Fsp3) is 0.240. The van der Waals surface area contributed by atoms with E-state index in [1.54, 1.807) is 12.2 Å². The highest BCUT2D eigenvalue weighted by Crippen LogP contribution is 2.56. The predicted octanol–water partition coefficient (Wildman–Crippen LogP) is 8.79. The third-order valence-electron chi connectivity index (χ3n) is 12.9. The summed E-state index contributed by atoms with van der Waals surface area (Å²) in [5, 5.41) is 24.9. The number of aliphatic hydroxyl groups excluding tert-OH is 2. The summed E-state index contributed by atoms with van der Waals surface area (Å²) in [6.07, 6.45) is 7.27. The molecule has 0 saturated carbocycles. The van der Waals surface area contributed by atoms with Gasteiger partial charge in [0.05, 0.1) is 22.3 Å². The Bertz CT molecular complexity index is 2700. The lowest BCUT2D eigenvalue weighted by atomic mass is 9.78. The number of benzene rings is 3. The Kier molecular flexibility index (Phi) is 8.30. The van der Waals surface area contributed by atoms with Crippen LogP contribution < -0.4 is 18.9 Å². The van der Waals surface area contributed by atoms with Crippen LogP contribution in [-0.2, 0) is 33.5 Å². The van der Waals surface area contributed by atoms with Crippen molar-refractivity contribution in [3.63, 3.8) is 0 Å². The Hall–Kier alpha value is -6.54. The number of carbonyl (C=O) groups is 2. The molecule has 8 heteroatoms. The average molecular weight is 769 g/mol. The molecule has 0 fully saturated rings. The Labute approximate surface area is 339 Å². The lowest BCUT2D eigenvalue weighted by Gasteiger charge is -2.28. The number of Topliss-reactive ketones (excluding diaryl/α,β-unsaturated/α-hetero) is 2. The molecular weight excluding hydrogens is 721 g/mol. The van der Waals surface area contributed by atoms with Crippen LogP contribution in [0.3, 0.4) is 0 Å². The third-order valence-corrected chi connectivity index (χ3v) is 12.9. The SMILES string of the molecule is CC[n+]1c(C=C2C(=O)C(C=C3N(C)c4cc5c(cc4C3(C)C)N(C)C(=CC3=C(O)C(=Cc4ccc6ccccc6[n+]4CC)C3=O)C5(C)C)=C2O)ccc2ccccc21. The van der Waals surface area contributed by atoms with Crippen LogP contribution in [0.2, 0.25) is 0 Å². The number of anilines is 2. The highest BCUT2D eigenvalue weighted by molar-refractivity contribution is 6.24. The minimum absolute atomic E-state index is 0.00882. The van der Waals surface area contributed by atoms with E-state index in [-0.39, 0.29) is 23.1 Å². The van der Waals surface area contributed by atoms with Gasteiger partial charge in [-0.3, -0.25) is 9.59 Å². The van der Waals surface area contributed by atoms with Gasteiger partial charge in [0, 0.05) is 94.9 Å². The highest BCUT2D eigenvalue weighted by Gasteiger charge is 2.47. The van der Waals surface area contributed by atoms with Gasteiger partial charge in [0.1, 0.15) is 24.6 Å². The molecule has 0 spiro atoms. The first-order chi connectivity index (χ1) is 27.7. The number of nitrogens with zero attached hydrogens (tertiary/aromatic N) is 4. The highest BCUT2D eigenvalue weighted by atomic mass is 16.3. The monoisotopic (exact) mass is 768 g/mol. The fourth-order valence-corrected chi connectivity index (χ4v) is 9.57. The van der Waals surface area contributed by atoms with Crippen LogP contribution >= 0.6 is 0 Å². The van der Waals surface area contributed by atoms with Crippen molar-refractivity contribution in [3.05, 3.63) is 165 Å². The van der Waals surface area contributed by atoms with E-state index in [9.17, 15) is 19.8 Å². The van der Waals surface area contributed by atoms with Crippen LogP contribution in [0.5, 0.6) is 0 Å². The van der Waals surface area contributed by atoms with Gasteiger partial charge in [0.15, 0.2) is 0 Å². The van der Waals surface area contributed by atoms with E-state index < -0.39 is 10.8 Å². The number of para-hydroxylation sites is 2. The van der Waals surface area contributed by atoms with Gasteiger partial charge in [-0.15, -0.1) is 0 Å². The van der Waals surface area contributed by atoms with E-state index in [0.29, 0.717) is 22.3 Å². The second-order valence-corrected chi connectivity index (χ2v) is 16.7. The lowest BCUT2D eigenvalue weighted by molar-refractivity contribution is -0.669. The zero-order valence-electron chi connectivity index (χ0n) is 34.3. The van der Waals surface area contributed by atoms with Gasteiger partial charge < -0.3 is 20.0 Å². The largest absolute Gasteiger partial charge is 0.506 e. The zero-order chi connectivity index (χ0) is 41.0. The molecule has 2 N–H and O–H groups in total. The number of hydrogen-bond acceptors (Lipinski definition) is 6. The average Bonchev–Trinajstić information content (AvgIpc) is 3.53. The van der Waals surface area contributed by atoms with Crippen molar-refractivity contribution in [2.75, 3.05) is 23.9 Å². The summed E-state index contributed by atoms with van der Waals surface area (Å²) >= 11 is 0. The molecule has 0 unspecified atom stereocenters. The number of rotatable bonds is 6. The number of carbonyl (C=O) groups excluding carboxylic acids is 2. The minimum atomic E-state index is -0.490. The van der Waals surface area contributed by atoms with Gasteiger partial charge >= 0.3 is 0 Å². The molecule has 4 heterocycles. The molecule has 0 saturated heterocycles. The molecule has 2 aliphatic heterocycles. The summed E-state index contributed by atoms with van der Waals surface area (Å²) in [4.78, 5) is 31.6. The summed E-state index contributed by atoms with van der Waals surface area (Å²) < 4.78 is 4.29. The summed E-state index contributed by atoms with van der Waals surface area (Å²) in [5.41, 5.74) is 10.2. The molecular formula is C50H48N4O4+2. The van der Waals surface area contributed by atoms with E-state index in [0.717, 1.165) is 80.2 Å². The van der Waals surface area contributed by atoms with E-state index in [1.165, 1.54) is 0 Å². The normalized spacial score (nSPS) is 21.0. The molecule has 4 aliphatic rings. The number of fused-ring (bicyclic) bond motifs is 4. The standard InChI is InChI=1S/C50H46N4O4/c1-9-53-31(21-19-29-15-11-13-17-39(29)53)23-33-45(55)35(46(33)56)25-43-49(3,4)37-27-42-38(28-41(37)51(43)7)50(5,6)44(52(42)8)26-36-47(57)34(48(36)58)24-32-22-20-30-16-12-14-18-40(30)54(32)10-2/h11-28H,9-10H2,1-8H3/p+2. The van der Waals surface area contributed by atoms with Crippen LogP contribution in [0, 0.1) is 0 Å². The maximum Gasteiger partial charge on any atom is 0.212 e. The van der Waals surface area contributed by atoms with Crippen LogP contribution in [0.25, 0.3) is 34.0 Å². The minimum Gasteiger partial charge on any atom is -0.506 e. The fourth-order valence-electron chi connectivity index (χ4n) is 9.57. The number of ketones is 2. The molecule has 8 nitrogen and oxygen atoms in total. The number of likely N-dealkylation sites (N-methyl/N-ethyl adjacent to an activating group) is 2. The number of aryl methyl sites for hydroxylation is 2. The summed E-state index contributed by atoms with van der Waals surface area (Å²) in [7, 11) is 4.01. The van der Waals surface area contributed by atoms with Crippen LogP contribution in [0.1, 0.15) is 64.1 Å². The zero-order valence-corrected chi connectivity index (χ0v) is 34.3. The van der Waals surface area contributed by atoms with Crippen molar-refractivity contribution >= 4 is 56.9 Å². The van der Waals surface area contributed by atoms with Crippen LogP contribution in [0.4, 0.5) is 11.4 Å². The molecule has 58 heavy (non-hydrogen) atoms. The lowest BCUT2D eigenvalue weighted by Crippen LogP contribution is -2.37. The Morgan fingerprint density at radius 2 is 0.948 bits per heavy atom. The van der Waals surface area contributed by atoms with Crippen molar-refractivity contribution in [2.24, 2.45) is 0 Å². The number of aliphatic hydroxyl groups is 2. The van der Waals surface area contributed by atoms with Crippen molar-refractivity contribution in [1.29, 1.82) is 0 Å². The molecule has 2 aliphatic carbocycles. The van der Waals surface area contributed by atoms with Crippen molar-refractivity contribution in [2.45, 2.75) is 65.5 Å². The van der Waals surface area contributed by atoms with Gasteiger partial charge in [-0.2, -0.15) is 9.13 Å². The van der Waals surface area contributed by atoms with Crippen molar-refractivity contribution in [3.8, 4) is 0 Å². The van der Waals surface area contributed by atoms with Gasteiger partial charge in [0.2, 0.25) is 34.0 Å². The molecule has 0 atom stereocenters. The predicted molar refractivity (Wildman–Crippen MR) is 230 cm³/mol.